The lowest BCUT2D eigenvalue weighted by Crippen LogP contribution is -2.52. The summed E-state index contributed by atoms with van der Waals surface area (Å²) in [6.45, 7) is 6.22. The Kier molecular flexibility index (Phi) is 9.27. The van der Waals surface area contributed by atoms with Gasteiger partial charge in [0.1, 0.15) is 11.6 Å². The van der Waals surface area contributed by atoms with Crippen LogP contribution in [0.15, 0.2) is 18.2 Å². The highest BCUT2D eigenvalue weighted by Crippen LogP contribution is 2.37. The minimum absolute atomic E-state index is 0.0254. The molecule has 3 aliphatic rings. The Morgan fingerprint density at radius 3 is 2.46 bits per heavy atom. The third-order valence-electron chi connectivity index (χ3n) is 7.57. The molecule has 2 N–H and O–H groups in total. The second-order valence-corrected chi connectivity index (χ2v) is 13.6. The third kappa shape index (κ3) is 7.97. The summed E-state index contributed by atoms with van der Waals surface area (Å²) in [7, 11) is -3.57. The number of hydrogen-bond donors (Lipinski definition) is 2. The van der Waals surface area contributed by atoms with Crippen LogP contribution in [0.1, 0.15) is 81.6 Å². The van der Waals surface area contributed by atoms with Crippen LogP contribution in [-0.4, -0.2) is 80.3 Å². The summed E-state index contributed by atoms with van der Waals surface area (Å²) in [5, 5.41) is 5.30. The quantitative estimate of drug-likeness (QED) is 0.250. The molecule has 1 aromatic rings. The van der Waals surface area contributed by atoms with Gasteiger partial charge in [-0.2, -0.15) is 8.42 Å². The number of alkyl carbamates (subject to hydrolysis) is 1. The SMILES string of the molecule is CC(C)(C)OC(=O)NC1CCC(N(CCCOS(C)(=O)=O)c2cccc3c2CN(C2CCC(=O)NC2=O)C3=O)CC1. The average Bonchev–Trinajstić information content (AvgIpc) is 3.19. The summed E-state index contributed by atoms with van der Waals surface area (Å²) < 4.78 is 33.4. The molecule has 0 bridgehead atoms. The summed E-state index contributed by atoms with van der Waals surface area (Å²) in [4.78, 5) is 53.6. The molecule has 226 valence electrons. The van der Waals surface area contributed by atoms with Gasteiger partial charge in [-0.05, 0) is 71.4 Å². The predicted octanol–water partition coefficient (Wildman–Crippen LogP) is 2.46. The smallest absolute Gasteiger partial charge is 0.407 e. The lowest BCUT2D eigenvalue weighted by molar-refractivity contribution is -0.136. The molecule has 41 heavy (non-hydrogen) atoms. The highest BCUT2D eigenvalue weighted by atomic mass is 32.2. The molecule has 12 nitrogen and oxygen atoms in total. The first kappa shape index (κ1) is 30.8. The lowest BCUT2D eigenvalue weighted by Gasteiger charge is -2.39. The molecular formula is C28H40N4O8S. The van der Waals surface area contributed by atoms with E-state index in [1.54, 1.807) is 6.07 Å². The number of rotatable bonds is 9. The van der Waals surface area contributed by atoms with Crippen LogP contribution in [0.2, 0.25) is 0 Å². The molecule has 2 aliphatic heterocycles. The standard InChI is InChI=1S/C28H40N4O8S/c1-28(2,3)40-27(36)29-18-9-11-19(12-10-18)31(15-6-16-39-41(4,37)38)22-8-5-7-20-21(22)17-32(26(20)35)23-13-14-24(33)30-25(23)34/h5,7-8,18-19,23H,6,9-17H2,1-4H3,(H,29,36)(H,30,33,34). The van der Waals surface area contributed by atoms with Crippen molar-refractivity contribution in [1.29, 1.82) is 0 Å². The molecule has 4 amide bonds. The molecule has 1 atom stereocenters. The molecular weight excluding hydrogens is 552 g/mol. The number of amides is 4. The van der Waals surface area contributed by atoms with E-state index in [9.17, 15) is 27.6 Å². The highest BCUT2D eigenvalue weighted by Gasteiger charge is 2.41. The van der Waals surface area contributed by atoms with Crippen molar-refractivity contribution in [3.8, 4) is 0 Å². The molecule has 0 aromatic heterocycles. The Morgan fingerprint density at radius 2 is 1.83 bits per heavy atom. The van der Waals surface area contributed by atoms with Crippen LogP contribution in [0.25, 0.3) is 0 Å². The van der Waals surface area contributed by atoms with E-state index >= 15 is 0 Å². The number of nitrogens with one attached hydrogen (secondary N) is 2. The normalized spacial score (nSPS) is 23.2. The number of fused-ring (bicyclic) bond motifs is 1. The van der Waals surface area contributed by atoms with Crippen LogP contribution in [0.5, 0.6) is 0 Å². The lowest BCUT2D eigenvalue weighted by atomic mass is 9.89. The van der Waals surface area contributed by atoms with Crippen LogP contribution in [-0.2, 0) is 35.2 Å². The van der Waals surface area contributed by atoms with Gasteiger partial charge in [0.05, 0.1) is 12.9 Å². The van der Waals surface area contributed by atoms with Crippen molar-refractivity contribution in [1.82, 2.24) is 15.5 Å². The number of ether oxygens (including phenoxy) is 1. The van der Waals surface area contributed by atoms with Gasteiger partial charge in [-0.25, -0.2) is 4.79 Å². The Hall–Kier alpha value is -3.19. The van der Waals surface area contributed by atoms with Gasteiger partial charge < -0.3 is 19.9 Å². The van der Waals surface area contributed by atoms with Crippen molar-refractivity contribution in [2.75, 3.05) is 24.3 Å². The van der Waals surface area contributed by atoms with Crippen molar-refractivity contribution < 1.29 is 36.5 Å². The van der Waals surface area contributed by atoms with E-state index < -0.39 is 33.8 Å². The number of carbonyl (C=O) groups excluding carboxylic acids is 4. The zero-order chi connectivity index (χ0) is 29.9. The molecule has 1 unspecified atom stereocenters. The largest absolute Gasteiger partial charge is 0.444 e. The number of imide groups is 1. The minimum atomic E-state index is -3.57. The molecule has 1 saturated heterocycles. The first-order valence-corrected chi connectivity index (χ1v) is 15.9. The van der Waals surface area contributed by atoms with Gasteiger partial charge in [-0.3, -0.25) is 23.9 Å². The second kappa shape index (κ2) is 12.4. The van der Waals surface area contributed by atoms with Crippen LogP contribution in [0.4, 0.5) is 10.5 Å². The summed E-state index contributed by atoms with van der Waals surface area (Å²) in [5.74, 6) is -1.05. The summed E-state index contributed by atoms with van der Waals surface area (Å²) >= 11 is 0. The van der Waals surface area contributed by atoms with Gasteiger partial charge >= 0.3 is 6.09 Å². The maximum Gasteiger partial charge on any atom is 0.407 e. The summed E-state index contributed by atoms with van der Waals surface area (Å²) in [5.41, 5.74) is 1.59. The van der Waals surface area contributed by atoms with E-state index in [2.05, 4.69) is 15.5 Å². The molecule has 1 aromatic carbocycles. The zero-order valence-electron chi connectivity index (χ0n) is 24.1. The van der Waals surface area contributed by atoms with E-state index in [0.717, 1.165) is 43.2 Å². The van der Waals surface area contributed by atoms with E-state index in [-0.39, 0.29) is 49.9 Å². The Bertz CT molecular complexity index is 1280. The summed E-state index contributed by atoms with van der Waals surface area (Å²) in [6, 6.07) is 4.85. The number of carbonyl (C=O) groups is 4. The predicted molar refractivity (Wildman–Crippen MR) is 151 cm³/mol. The maximum absolute atomic E-state index is 13.4. The molecule has 2 heterocycles. The second-order valence-electron chi connectivity index (χ2n) is 11.9. The Morgan fingerprint density at radius 1 is 1.12 bits per heavy atom. The van der Waals surface area contributed by atoms with Gasteiger partial charge in [0.15, 0.2) is 0 Å². The van der Waals surface area contributed by atoms with Gasteiger partial charge in [-0.15, -0.1) is 0 Å². The fourth-order valence-electron chi connectivity index (χ4n) is 5.79. The molecule has 0 radical (unpaired) electrons. The maximum atomic E-state index is 13.4. The van der Waals surface area contributed by atoms with Gasteiger partial charge in [0.25, 0.3) is 16.0 Å². The van der Waals surface area contributed by atoms with E-state index in [0.29, 0.717) is 18.5 Å². The first-order valence-electron chi connectivity index (χ1n) is 14.1. The van der Waals surface area contributed by atoms with Gasteiger partial charge in [0.2, 0.25) is 11.8 Å². The van der Waals surface area contributed by atoms with Crippen molar-refractivity contribution >= 4 is 39.6 Å². The Balaban J connectivity index is 1.51. The zero-order valence-corrected chi connectivity index (χ0v) is 24.9. The molecule has 0 spiro atoms. The molecule has 4 rings (SSSR count). The van der Waals surface area contributed by atoms with Crippen LogP contribution < -0.4 is 15.5 Å². The number of piperidine rings is 1. The first-order chi connectivity index (χ1) is 19.2. The number of anilines is 1. The molecule has 1 aliphatic carbocycles. The van der Waals surface area contributed by atoms with E-state index in [1.807, 2.05) is 32.9 Å². The van der Waals surface area contributed by atoms with Crippen molar-refractivity contribution in [2.24, 2.45) is 0 Å². The van der Waals surface area contributed by atoms with Crippen LogP contribution in [0, 0.1) is 0 Å². The molecule has 1 saturated carbocycles. The molecule has 2 fully saturated rings. The van der Waals surface area contributed by atoms with Gasteiger partial charge in [0, 0.05) is 48.4 Å². The average molecular weight is 593 g/mol. The topological polar surface area (TPSA) is 151 Å². The van der Waals surface area contributed by atoms with Crippen LogP contribution in [0.3, 0.4) is 0 Å². The highest BCUT2D eigenvalue weighted by molar-refractivity contribution is 7.85. The van der Waals surface area contributed by atoms with Crippen molar-refractivity contribution in [2.45, 2.75) is 96.0 Å². The fraction of sp³-hybridized carbons (Fsp3) is 0.643. The van der Waals surface area contributed by atoms with E-state index in [4.69, 9.17) is 8.92 Å². The number of benzene rings is 1. The van der Waals surface area contributed by atoms with Crippen LogP contribution >= 0.6 is 0 Å². The van der Waals surface area contributed by atoms with Gasteiger partial charge in [-0.1, -0.05) is 6.07 Å². The fourth-order valence-corrected chi connectivity index (χ4v) is 6.21. The van der Waals surface area contributed by atoms with E-state index in [1.165, 1.54) is 4.90 Å². The summed E-state index contributed by atoms with van der Waals surface area (Å²) in [6.07, 6.45) is 4.47. The monoisotopic (exact) mass is 592 g/mol. The minimum Gasteiger partial charge on any atom is -0.444 e. The molecule has 13 heteroatoms. The third-order valence-corrected chi connectivity index (χ3v) is 8.16. The van der Waals surface area contributed by atoms with Crippen molar-refractivity contribution in [3.05, 3.63) is 29.3 Å². The Labute approximate surface area is 241 Å². The number of nitrogens with zero attached hydrogens (tertiary/aromatic N) is 2. The number of hydrogen-bond acceptors (Lipinski definition) is 9. The van der Waals surface area contributed by atoms with Crippen molar-refractivity contribution in [3.63, 3.8) is 0 Å².